The molecular weight excluding hydrogens is 945 g/mol. The summed E-state index contributed by atoms with van der Waals surface area (Å²) in [7, 11) is 0. The molecule has 6 atom stereocenters. The second kappa shape index (κ2) is 28.0. The van der Waals surface area contributed by atoms with E-state index in [2.05, 4.69) is 57.5 Å². The summed E-state index contributed by atoms with van der Waals surface area (Å²) in [6, 6.07) is 7.91. The van der Waals surface area contributed by atoms with Crippen LogP contribution in [0.2, 0.25) is 0 Å². The summed E-state index contributed by atoms with van der Waals surface area (Å²) in [5.74, 6) is -7.51. The summed E-state index contributed by atoms with van der Waals surface area (Å²) >= 11 is 0. The Morgan fingerprint density at radius 3 is 2.03 bits per heavy atom. The summed E-state index contributed by atoms with van der Waals surface area (Å²) in [5.41, 5.74) is 27.9. The van der Waals surface area contributed by atoms with E-state index in [9.17, 15) is 43.2 Å². The highest BCUT2D eigenvalue weighted by Gasteiger charge is 2.38. The van der Waals surface area contributed by atoms with Gasteiger partial charge in [-0.2, -0.15) is 0 Å². The van der Waals surface area contributed by atoms with Crippen molar-refractivity contribution in [1.29, 1.82) is 0 Å². The molecule has 0 unspecified atom stereocenters. The number of guanidine groups is 2. The standard InChI is InChI=1S/C48H70N16O9/c1-27(65)58-33(18-11-21-55-46(50)51)40(68)62-37-25-38(66)54-20-10-9-17-32(39(49)67)59-43(71)36(24-29-26-57-31-16-8-7-15-30(29)31)61-41(69)34(19-12-22-56-47(52)53)60-42(70)35(23-28-13-5-4-6-14-28)63-45(73)48(2,3)64-44(37)72/h4-8,13-16,26,32-37,57H,9-12,17-25H2,1-3H3,(H2,49,67)(H,54,66)(H,58,65)(H,59,71)(H,60,70)(H,61,69)(H,62,68)(H,63,73)(H,64,72)(H4,50,51,55)(H4,52,53,56)/t32-,33-,34-,35+,36-,37-/m0/s1. The van der Waals surface area contributed by atoms with Gasteiger partial charge in [0.25, 0.3) is 0 Å². The minimum atomic E-state index is -1.82. The van der Waals surface area contributed by atoms with Gasteiger partial charge in [0.1, 0.15) is 41.8 Å². The van der Waals surface area contributed by atoms with Gasteiger partial charge in [-0.05, 0) is 76.0 Å². The van der Waals surface area contributed by atoms with Gasteiger partial charge in [-0.1, -0.05) is 48.5 Å². The molecule has 19 N–H and O–H groups in total. The lowest BCUT2D eigenvalue weighted by Crippen LogP contribution is -2.63. The molecular formula is C48H70N16O9. The maximum absolute atomic E-state index is 14.5. The largest absolute Gasteiger partial charge is 0.370 e. The van der Waals surface area contributed by atoms with Gasteiger partial charge in [0.2, 0.25) is 53.2 Å². The van der Waals surface area contributed by atoms with Crippen LogP contribution in [0.3, 0.4) is 0 Å². The van der Waals surface area contributed by atoms with Crippen molar-refractivity contribution in [2.75, 3.05) is 19.6 Å². The minimum absolute atomic E-state index is 0.0292. The fourth-order valence-electron chi connectivity index (χ4n) is 7.91. The number of H-pyrrole nitrogens is 1. The van der Waals surface area contributed by atoms with Crippen molar-refractivity contribution in [3.05, 3.63) is 71.9 Å². The molecule has 0 bridgehead atoms. The van der Waals surface area contributed by atoms with E-state index in [1.165, 1.54) is 20.8 Å². The van der Waals surface area contributed by atoms with Crippen molar-refractivity contribution < 1.29 is 43.2 Å². The van der Waals surface area contributed by atoms with Crippen LogP contribution >= 0.6 is 0 Å². The highest BCUT2D eigenvalue weighted by atomic mass is 16.2. The molecule has 396 valence electrons. The van der Waals surface area contributed by atoms with Crippen molar-refractivity contribution in [2.24, 2.45) is 38.7 Å². The van der Waals surface area contributed by atoms with Crippen molar-refractivity contribution in [2.45, 2.75) is 127 Å². The second-order valence-electron chi connectivity index (χ2n) is 18.2. The molecule has 1 aromatic heterocycles. The first-order valence-corrected chi connectivity index (χ1v) is 24.0. The lowest BCUT2D eigenvalue weighted by Gasteiger charge is -2.31. The van der Waals surface area contributed by atoms with Gasteiger partial charge in [0.05, 0.1) is 6.42 Å². The number of primary amides is 1. The van der Waals surface area contributed by atoms with Gasteiger partial charge >= 0.3 is 0 Å². The summed E-state index contributed by atoms with van der Waals surface area (Å²) in [6.45, 7) is 4.11. The Bertz CT molecular complexity index is 2490. The number of para-hydroxylation sites is 1. The first-order valence-electron chi connectivity index (χ1n) is 24.0. The molecule has 1 aliphatic rings. The van der Waals surface area contributed by atoms with Crippen molar-refractivity contribution in [3.8, 4) is 0 Å². The number of nitrogens with one attached hydrogen (secondary N) is 9. The zero-order valence-electron chi connectivity index (χ0n) is 41.4. The molecule has 0 spiro atoms. The van der Waals surface area contributed by atoms with E-state index in [1.54, 1.807) is 36.5 Å². The van der Waals surface area contributed by atoms with Gasteiger partial charge in [0.15, 0.2) is 11.9 Å². The maximum atomic E-state index is 14.5. The molecule has 4 rings (SSSR count). The number of benzene rings is 2. The van der Waals surface area contributed by atoms with Gasteiger partial charge in [-0.15, -0.1) is 0 Å². The van der Waals surface area contributed by atoms with Crippen LogP contribution in [0, 0.1) is 0 Å². The van der Waals surface area contributed by atoms with E-state index in [1.807, 2.05) is 24.3 Å². The van der Waals surface area contributed by atoms with E-state index in [4.69, 9.17) is 28.7 Å². The average Bonchev–Trinajstić information content (AvgIpc) is 3.73. The number of nitrogens with zero attached hydrogens (tertiary/aromatic N) is 2. The van der Waals surface area contributed by atoms with E-state index in [0.29, 0.717) is 11.1 Å². The Hall–Kier alpha value is -8.25. The molecule has 1 fully saturated rings. The van der Waals surface area contributed by atoms with Gasteiger partial charge < -0.3 is 76.2 Å². The molecule has 1 aliphatic heterocycles. The summed E-state index contributed by atoms with van der Waals surface area (Å²) in [6.07, 6.45) is 1.87. The number of carbonyl (C=O) groups is 9. The number of rotatable bonds is 16. The second-order valence-corrected chi connectivity index (χ2v) is 18.2. The number of carbonyl (C=O) groups excluding carboxylic acids is 9. The van der Waals surface area contributed by atoms with Crippen molar-refractivity contribution >= 4 is 76.0 Å². The molecule has 2 heterocycles. The van der Waals surface area contributed by atoms with Crippen LogP contribution in [0.4, 0.5) is 0 Å². The third-order valence-electron chi connectivity index (χ3n) is 11.8. The Labute approximate surface area is 422 Å². The first-order chi connectivity index (χ1) is 34.6. The highest BCUT2D eigenvalue weighted by Crippen LogP contribution is 2.20. The number of aromatic amines is 1. The Morgan fingerprint density at radius 2 is 1.36 bits per heavy atom. The van der Waals surface area contributed by atoms with Crippen molar-refractivity contribution in [3.63, 3.8) is 0 Å². The van der Waals surface area contributed by atoms with E-state index in [-0.39, 0.29) is 89.3 Å². The Morgan fingerprint density at radius 1 is 0.740 bits per heavy atom. The van der Waals surface area contributed by atoms with Crippen LogP contribution in [0.15, 0.2) is 70.8 Å². The average molecular weight is 1020 g/mol. The van der Waals surface area contributed by atoms with Gasteiger partial charge in [-0.3, -0.25) is 53.1 Å². The zero-order valence-corrected chi connectivity index (χ0v) is 41.4. The molecule has 2 aromatic carbocycles. The van der Waals surface area contributed by atoms with Crippen LogP contribution in [-0.4, -0.2) is 131 Å². The molecule has 1 saturated heterocycles. The SMILES string of the molecule is CC(=O)N[C@@H](CCCN=C(N)N)C(=O)N[C@H]1CC(=O)NCCCC[C@@H](C(N)=O)NC(=O)[C@H](Cc2c[nH]c3ccccc23)NC(=O)[C@H](CCCN=C(N)N)NC(=O)[C@@H](Cc2ccccc2)NC(=O)C(C)(C)NC1=O. The van der Waals surface area contributed by atoms with E-state index >= 15 is 0 Å². The van der Waals surface area contributed by atoms with Crippen LogP contribution in [0.1, 0.15) is 83.3 Å². The fraction of sp³-hybridized carbons (Fsp3) is 0.479. The smallest absolute Gasteiger partial charge is 0.245 e. The van der Waals surface area contributed by atoms with E-state index < -0.39 is 101 Å². The minimum Gasteiger partial charge on any atom is -0.370 e. The molecule has 0 saturated carbocycles. The van der Waals surface area contributed by atoms with Crippen molar-refractivity contribution in [1.82, 2.24) is 47.5 Å². The van der Waals surface area contributed by atoms with E-state index in [0.717, 1.165) is 10.9 Å². The highest BCUT2D eigenvalue weighted by molar-refractivity contribution is 6.00. The van der Waals surface area contributed by atoms with Crippen LogP contribution in [0.25, 0.3) is 10.9 Å². The molecule has 9 amide bonds. The number of nitrogens with two attached hydrogens (primary N) is 5. The van der Waals surface area contributed by atoms with Gasteiger partial charge in [0, 0.05) is 56.5 Å². The maximum Gasteiger partial charge on any atom is 0.245 e. The number of amides is 9. The topological polar surface area (TPSA) is 420 Å². The molecule has 25 heteroatoms. The molecule has 3 aromatic rings. The van der Waals surface area contributed by atoms with Gasteiger partial charge in [-0.25, -0.2) is 0 Å². The Kier molecular flexibility index (Phi) is 22.0. The first kappa shape index (κ1) is 57.3. The molecule has 0 radical (unpaired) electrons. The fourth-order valence-corrected chi connectivity index (χ4v) is 7.91. The number of hydrogen-bond donors (Lipinski definition) is 14. The number of aromatic nitrogens is 1. The lowest BCUT2D eigenvalue weighted by atomic mass is 9.99. The number of fused-ring (bicyclic) bond motifs is 1. The monoisotopic (exact) mass is 1010 g/mol. The quantitative estimate of drug-likeness (QED) is 0.0389. The number of aliphatic imine (C=N–C) groups is 2. The summed E-state index contributed by atoms with van der Waals surface area (Å²) in [5, 5.41) is 22.0. The van der Waals surface area contributed by atoms with Crippen LogP contribution in [-0.2, 0) is 56.0 Å². The number of hydrogen-bond acceptors (Lipinski definition) is 11. The zero-order chi connectivity index (χ0) is 53.7. The molecule has 0 aliphatic carbocycles. The predicted molar refractivity (Wildman–Crippen MR) is 272 cm³/mol. The third kappa shape index (κ3) is 19.1. The molecule has 25 nitrogen and oxygen atoms in total. The molecule has 73 heavy (non-hydrogen) atoms. The Balaban J connectivity index is 1.74. The normalized spacial score (nSPS) is 21.1. The lowest BCUT2D eigenvalue weighted by molar-refractivity contribution is -0.138. The third-order valence-corrected chi connectivity index (χ3v) is 11.8. The van der Waals surface area contributed by atoms with Crippen LogP contribution < -0.4 is 71.2 Å². The summed E-state index contributed by atoms with van der Waals surface area (Å²) in [4.78, 5) is 135. The predicted octanol–water partition coefficient (Wildman–Crippen LogP) is -2.94. The van der Waals surface area contributed by atoms with Crippen LogP contribution in [0.5, 0.6) is 0 Å². The summed E-state index contributed by atoms with van der Waals surface area (Å²) < 4.78 is 0.